The molecule has 0 aliphatic rings. The fourth-order valence-electron chi connectivity index (χ4n) is 2.30. The number of carbonyl (C=O) groups excluding carboxylic acids is 2. The third-order valence-corrected chi connectivity index (χ3v) is 5.43. The molecule has 2 rings (SSSR count). The van der Waals surface area contributed by atoms with Gasteiger partial charge in [0.2, 0.25) is 10.0 Å². The van der Waals surface area contributed by atoms with E-state index in [4.69, 9.17) is 4.74 Å². The van der Waals surface area contributed by atoms with E-state index in [2.05, 4.69) is 4.72 Å². The molecule has 1 N–H and O–H groups in total. The molecule has 0 spiro atoms. The highest BCUT2D eigenvalue weighted by Crippen LogP contribution is 2.11. The second-order valence-electron chi connectivity index (χ2n) is 6.06. The third kappa shape index (κ3) is 6.51. The van der Waals surface area contributed by atoms with Crippen molar-refractivity contribution in [2.24, 2.45) is 0 Å². The van der Waals surface area contributed by atoms with Crippen LogP contribution in [0.4, 0.5) is 4.39 Å². The maximum absolute atomic E-state index is 13.6. The first-order chi connectivity index (χ1) is 13.7. The van der Waals surface area contributed by atoms with Gasteiger partial charge in [0.15, 0.2) is 6.61 Å². The van der Waals surface area contributed by atoms with Gasteiger partial charge < -0.3 is 9.64 Å². The van der Waals surface area contributed by atoms with Gasteiger partial charge in [0, 0.05) is 25.2 Å². The number of ether oxygens (including phenoxy) is 1. The van der Waals surface area contributed by atoms with E-state index in [-0.39, 0.29) is 11.4 Å². The molecule has 0 saturated heterocycles. The van der Waals surface area contributed by atoms with E-state index < -0.39 is 34.3 Å². The largest absolute Gasteiger partial charge is 0.452 e. The Bertz CT molecular complexity index is 1000. The standard InChI is InChI=1S/C20H21FN2O5S/c1-22-29(26,27)17-10-7-15(8-11-17)9-12-20(25)28-14-19(24)23(2)13-16-5-3-4-6-18(16)21/h3-12,22H,13-14H2,1-2H3. The van der Waals surface area contributed by atoms with Crippen LogP contribution < -0.4 is 4.72 Å². The van der Waals surface area contributed by atoms with Crippen LogP contribution in [0.1, 0.15) is 11.1 Å². The molecule has 0 fully saturated rings. The van der Waals surface area contributed by atoms with Gasteiger partial charge in [0.1, 0.15) is 5.82 Å². The quantitative estimate of drug-likeness (QED) is 0.521. The van der Waals surface area contributed by atoms with Crippen LogP contribution in [0.3, 0.4) is 0 Å². The Morgan fingerprint density at radius 1 is 1.14 bits per heavy atom. The number of likely N-dealkylation sites (N-methyl/N-ethyl adjacent to an activating group) is 1. The van der Waals surface area contributed by atoms with Crippen LogP contribution in [0.25, 0.3) is 6.08 Å². The predicted octanol–water partition coefficient (Wildman–Crippen LogP) is 1.95. The molecule has 1 amide bonds. The first-order valence-electron chi connectivity index (χ1n) is 8.59. The van der Waals surface area contributed by atoms with Crippen molar-refractivity contribution in [3.63, 3.8) is 0 Å². The first kappa shape index (κ1) is 22.3. The number of sulfonamides is 1. The van der Waals surface area contributed by atoms with Crippen molar-refractivity contribution in [3.8, 4) is 0 Å². The number of nitrogens with one attached hydrogen (secondary N) is 1. The average Bonchev–Trinajstić information content (AvgIpc) is 2.72. The Balaban J connectivity index is 1.86. The molecular formula is C20H21FN2O5S. The highest BCUT2D eigenvalue weighted by Gasteiger charge is 2.13. The topological polar surface area (TPSA) is 92.8 Å². The highest BCUT2D eigenvalue weighted by molar-refractivity contribution is 7.89. The summed E-state index contributed by atoms with van der Waals surface area (Å²) in [4.78, 5) is 25.2. The molecule has 0 saturated carbocycles. The fraction of sp³-hybridized carbons (Fsp3) is 0.200. The Hall–Kier alpha value is -3.04. The number of hydrogen-bond donors (Lipinski definition) is 1. The van der Waals surface area contributed by atoms with Crippen LogP contribution in [-0.2, 0) is 30.9 Å². The van der Waals surface area contributed by atoms with Crippen molar-refractivity contribution < 1.29 is 27.1 Å². The molecule has 0 radical (unpaired) electrons. The molecule has 0 unspecified atom stereocenters. The lowest BCUT2D eigenvalue weighted by atomic mass is 10.2. The van der Waals surface area contributed by atoms with Gasteiger partial charge in [-0.2, -0.15) is 0 Å². The molecule has 0 atom stereocenters. The van der Waals surface area contributed by atoms with Gasteiger partial charge in [0.25, 0.3) is 5.91 Å². The predicted molar refractivity (Wildman–Crippen MR) is 106 cm³/mol. The van der Waals surface area contributed by atoms with Gasteiger partial charge >= 0.3 is 5.97 Å². The zero-order chi connectivity index (χ0) is 21.4. The number of amides is 1. The number of benzene rings is 2. The van der Waals surface area contributed by atoms with E-state index in [1.807, 2.05) is 0 Å². The molecule has 0 bridgehead atoms. The summed E-state index contributed by atoms with van der Waals surface area (Å²) >= 11 is 0. The van der Waals surface area contributed by atoms with Crippen LogP contribution in [0.15, 0.2) is 59.5 Å². The maximum Gasteiger partial charge on any atom is 0.331 e. The Morgan fingerprint density at radius 2 is 1.79 bits per heavy atom. The van der Waals surface area contributed by atoms with Crippen molar-refractivity contribution in [1.29, 1.82) is 0 Å². The zero-order valence-electron chi connectivity index (χ0n) is 16.0. The SMILES string of the molecule is CNS(=O)(=O)c1ccc(C=CC(=O)OCC(=O)N(C)Cc2ccccc2F)cc1. The van der Waals surface area contributed by atoms with E-state index in [0.717, 1.165) is 6.08 Å². The lowest BCUT2D eigenvalue weighted by molar-refractivity contribution is -0.147. The Kier molecular flexibility index (Phi) is 7.63. The van der Waals surface area contributed by atoms with Crippen LogP contribution in [-0.4, -0.2) is 45.9 Å². The molecule has 0 aliphatic heterocycles. The van der Waals surface area contributed by atoms with Crippen molar-refractivity contribution in [2.75, 3.05) is 20.7 Å². The van der Waals surface area contributed by atoms with Crippen LogP contribution >= 0.6 is 0 Å². The summed E-state index contributed by atoms with van der Waals surface area (Å²) < 4.78 is 44.0. The van der Waals surface area contributed by atoms with Crippen molar-refractivity contribution in [3.05, 3.63) is 71.6 Å². The van der Waals surface area contributed by atoms with Crippen LogP contribution in [0, 0.1) is 5.82 Å². The molecule has 9 heteroatoms. The second-order valence-corrected chi connectivity index (χ2v) is 7.95. The van der Waals surface area contributed by atoms with E-state index in [1.165, 1.54) is 55.4 Å². The summed E-state index contributed by atoms with van der Waals surface area (Å²) in [5.74, 6) is -1.62. The summed E-state index contributed by atoms with van der Waals surface area (Å²) in [6.45, 7) is -0.422. The molecule has 0 aliphatic carbocycles. The van der Waals surface area contributed by atoms with E-state index in [1.54, 1.807) is 18.2 Å². The maximum atomic E-state index is 13.6. The number of halogens is 1. The summed E-state index contributed by atoms with van der Waals surface area (Å²) in [5.41, 5.74) is 0.943. The minimum absolute atomic E-state index is 0.0563. The molecule has 2 aromatic rings. The molecule has 0 aromatic heterocycles. The third-order valence-electron chi connectivity index (χ3n) is 4.00. The van der Waals surface area contributed by atoms with Gasteiger partial charge in [-0.05, 0) is 36.9 Å². The summed E-state index contributed by atoms with van der Waals surface area (Å²) in [6, 6.07) is 12.0. The van der Waals surface area contributed by atoms with Gasteiger partial charge in [0.05, 0.1) is 4.90 Å². The second kappa shape index (κ2) is 9.94. The smallest absolute Gasteiger partial charge is 0.331 e. The highest BCUT2D eigenvalue weighted by atomic mass is 32.2. The zero-order valence-corrected chi connectivity index (χ0v) is 16.8. The van der Waals surface area contributed by atoms with Crippen molar-refractivity contribution >= 4 is 28.0 Å². The normalized spacial score (nSPS) is 11.4. The summed E-state index contributed by atoms with van der Waals surface area (Å²) in [6.07, 6.45) is 2.57. The minimum Gasteiger partial charge on any atom is -0.452 e. The molecule has 7 nitrogen and oxygen atoms in total. The molecule has 29 heavy (non-hydrogen) atoms. The van der Waals surface area contributed by atoms with Crippen LogP contribution in [0.5, 0.6) is 0 Å². The number of nitrogens with zero attached hydrogens (tertiary/aromatic N) is 1. The van der Waals surface area contributed by atoms with Gasteiger partial charge in [-0.15, -0.1) is 0 Å². The first-order valence-corrected chi connectivity index (χ1v) is 10.1. The molecule has 154 valence electrons. The van der Waals surface area contributed by atoms with Gasteiger partial charge in [-0.3, -0.25) is 4.79 Å². The molecular weight excluding hydrogens is 399 g/mol. The van der Waals surface area contributed by atoms with Gasteiger partial charge in [-0.1, -0.05) is 30.3 Å². The molecule has 2 aromatic carbocycles. The van der Waals surface area contributed by atoms with E-state index in [0.29, 0.717) is 11.1 Å². The summed E-state index contributed by atoms with van der Waals surface area (Å²) in [7, 11) is -0.730. The lowest BCUT2D eigenvalue weighted by Gasteiger charge is -2.17. The Morgan fingerprint density at radius 3 is 2.41 bits per heavy atom. The average molecular weight is 420 g/mol. The van der Waals surface area contributed by atoms with Crippen molar-refractivity contribution in [2.45, 2.75) is 11.4 Å². The van der Waals surface area contributed by atoms with Crippen LogP contribution in [0.2, 0.25) is 0 Å². The number of esters is 1. The summed E-state index contributed by atoms with van der Waals surface area (Å²) in [5, 5.41) is 0. The Labute approximate surface area is 168 Å². The van der Waals surface area contributed by atoms with Crippen molar-refractivity contribution in [1.82, 2.24) is 9.62 Å². The van der Waals surface area contributed by atoms with E-state index in [9.17, 15) is 22.4 Å². The number of carbonyl (C=O) groups is 2. The monoisotopic (exact) mass is 420 g/mol. The number of rotatable bonds is 8. The fourth-order valence-corrected chi connectivity index (χ4v) is 3.03. The number of hydrogen-bond acceptors (Lipinski definition) is 5. The lowest BCUT2D eigenvalue weighted by Crippen LogP contribution is -2.30. The molecule has 0 heterocycles. The van der Waals surface area contributed by atoms with E-state index >= 15 is 0 Å². The van der Waals surface area contributed by atoms with Gasteiger partial charge in [-0.25, -0.2) is 22.3 Å². The minimum atomic E-state index is -3.53.